The summed E-state index contributed by atoms with van der Waals surface area (Å²) in [6.07, 6.45) is 0.419. The molecule has 0 amide bonds. The smallest absolute Gasteiger partial charge is 0.321 e. The molecule has 0 saturated heterocycles. The Bertz CT molecular complexity index is 654. The van der Waals surface area contributed by atoms with Gasteiger partial charge in [0.2, 0.25) is 10.0 Å². The van der Waals surface area contributed by atoms with Crippen molar-refractivity contribution < 1.29 is 18.3 Å². The Morgan fingerprint density at radius 3 is 2.55 bits per heavy atom. The maximum Gasteiger partial charge on any atom is 0.321 e. The van der Waals surface area contributed by atoms with E-state index in [1.807, 2.05) is 0 Å². The summed E-state index contributed by atoms with van der Waals surface area (Å²) in [5.74, 6) is -1.34. The molecular weight excluding hydrogens is 308 g/mol. The molecule has 8 nitrogen and oxygen atoms in total. The monoisotopic (exact) mass is 328 g/mol. The van der Waals surface area contributed by atoms with Gasteiger partial charge in [0.15, 0.2) is 5.96 Å². The fourth-order valence-electron chi connectivity index (χ4n) is 1.85. The summed E-state index contributed by atoms with van der Waals surface area (Å²) >= 11 is 0. The highest BCUT2D eigenvalue weighted by Gasteiger charge is 2.25. The number of hydrogen-bond acceptors (Lipinski definition) is 4. The molecular formula is C13H20N4O4S. The highest BCUT2D eigenvalue weighted by molar-refractivity contribution is 7.89. The van der Waals surface area contributed by atoms with E-state index in [0.717, 1.165) is 0 Å². The first-order valence-electron chi connectivity index (χ1n) is 6.60. The van der Waals surface area contributed by atoms with Crippen molar-refractivity contribution in [3.05, 3.63) is 29.8 Å². The third-order valence-electron chi connectivity index (χ3n) is 2.92. The number of rotatable bonds is 8. The van der Waals surface area contributed by atoms with Crippen molar-refractivity contribution in [1.82, 2.24) is 4.72 Å². The number of carbonyl (C=O) groups is 1. The fraction of sp³-hybridized carbons (Fsp3) is 0.385. The first kappa shape index (κ1) is 17.9. The molecule has 0 aliphatic carbocycles. The van der Waals surface area contributed by atoms with Gasteiger partial charge in [-0.25, -0.2) is 8.42 Å². The summed E-state index contributed by atoms with van der Waals surface area (Å²) in [7, 11) is -3.90. The molecule has 1 atom stereocenters. The summed E-state index contributed by atoms with van der Waals surface area (Å²) < 4.78 is 26.7. The molecule has 0 aromatic heterocycles. The van der Waals surface area contributed by atoms with Crippen LogP contribution in [0.2, 0.25) is 0 Å². The van der Waals surface area contributed by atoms with Crippen LogP contribution in [0.5, 0.6) is 0 Å². The van der Waals surface area contributed by atoms with Crippen LogP contribution in [0, 0.1) is 6.92 Å². The largest absolute Gasteiger partial charge is 0.480 e. The van der Waals surface area contributed by atoms with Crippen molar-refractivity contribution in [2.45, 2.75) is 30.7 Å². The summed E-state index contributed by atoms with van der Waals surface area (Å²) in [5.41, 5.74) is 10.9. The molecule has 122 valence electrons. The van der Waals surface area contributed by atoms with Crippen molar-refractivity contribution in [3.63, 3.8) is 0 Å². The molecule has 0 aliphatic heterocycles. The van der Waals surface area contributed by atoms with Gasteiger partial charge in [0.25, 0.3) is 0 Å². The molecule has 1 rings (SSSR count). The Morgan fingerprint density at radius 2 is 2.00 bits per heavy atom. The van der Waals surface area contributed by atoms with Crippen molar-refractivity contribution >= 4 is 22.0 Å². The molecule has 6 N–H and O–H groups in total. The van der Waals surface area contributed by atoms with Gasteiger partial charge in [-0.05, 0) is 31.4 Å². The van der Waals surface area contributed by atoms with Crippen LogP contribution in [0.25, 0.3) is 0 Å². The Kier molecular flexibility index (Phi) is 6.32. The Labute approximate surface area is 129 Å². The zero-order chi connectivity index (χ0) is 16.8. The summed E-state index contributed by atoms with van der Waals surface area (Å²) in [5, 5.41) is 9.15. The van der Waals surface area contributed by atoms with E-state index in [1.54, 1.807) is 25.1 Å². The van der Waals surface area contributed by atoms with E-state index in [0.29, 0.717) is 12.0 Å². The highest BCUT2D eigenvalue weighted by Crippen LogP contribution is 2.15. The van der Waals surface area contributed by atoms with E-state index in [2.05, 4.69) is 9.71 Å². The second-order valence-corrected chi connectivity index (χ2v) is 6.41. The quantitative estimate of drug-likeness (QED) is 0.294. The van der Waals surface area contributed by atoms with Crippen LogP contribution in [0.3, 0.4) is 0 Å². The average Bonchev–Trinajstić information content (AvgIpc) is 2.42. The summed E-state index contributed by atoms with van der Waals surface area (Å²) in [6, 6.07) is 5.12. The van der Waals surface area contributed by atoms with Gasteiger partial charge in [0.05, 0.1) is 4.90 Å². The molecule has 9 heteroatoms. The number of carboxylic acids is 1. The van der Waals surface area contributed by atoms with Crippen LogP contribution in [0.4, 0.5) is 0 Å². The number of benzene rings is 1. The fourth-order valence-corrected chi connectivity index (χ4v) is 3.31. The van der Waals surface area contributed by atoms with Crippen LogP contribution in [0.15, 0.2) is 34.2 Å². The Balaban J connectivity index is 2.80. The molecule has 0 bridgehead atoms. The molecule has 1 aromatic rings. The molecule has 22 heavy (non-hydrogen) atoms. The number of aryl methyl sites for hydroxylation is 1. The first-order chi connectivity index (χ1) is 10.2. The van der Waals surface area contributed by atoms with E-state index < -0.39 is 22.0 Å². The summed E-state index contributed by atoms with van der Waals surface area (Å²) in [6.45, 7) is 1.88. The van der Waals surface area contributed by atoms with Gasteiger partial charge in [-0.3, -0.25) is 9.79 Å². The molecule has 0 fully saturated rings. The first-order valence-corrected chi connectivity index (χ1v) is 8.08. The average molecular weight is 328 g/mol. The van der Waals surface area contributed by atoms with E-state index in [1.165, 1.54) is 6.07 Å². The third-order valence-corrected chi connectivity index (χ3v) is 4.56. The number of sulfonamides is 1. The van der Waals surface area contributed by atoms with Crippen LogP contribution >= 0.6 is 0 Å². The number of guanidine groups is 1. The standard InChI is InChI=1S/C13H20N4O4S/c1-9-5-2-3-7-11(9)22(20,21)17-10(12(18)19)6-4-8-16-13(14)15/h2-3,5,7,10,17H,4,6,8H2,1H3,(H,18,19)(H4,14,15,16)/t10-/m0/s1. The van der Waals surface area contributed by atoms with E-state index in [4.69, 9.17) is 16.6 Å². The molecule has 0 radical (unpaired) electrons. The molecule has 0 unspecified atom stereocenters. The zero-order valence-electron chi connectivity index (χ0n) is 12.2. The van der Waals surface area contributed by atoms with Gasteiger partial charge >= 0.3 is 5.97 Å². The van der Waals surface area contributed by atoms with Crippen molar-refractivity contribution in [1.29, 1.82) is 0 Å². The topological polar surface area (TPSA) is 148 Å². The van der Waals surface area contributed by atoms with Gasteiger partial charge in [-0.15, -0.1) is 0 Å². The minimum atomic E-state index is -3.90. The molecule has 0 heterocycles. The Hall–Kier alpha value is -2.13. The van der Waals surface area contributed by atoms with Gasteiger partial charge in [-0.1, -0.05) is 18.2 Å². The molecule has 1 aromatic carbocycles. The molecule has 0 spiro atoms. The number of carboxylic acid groups (broad SMARTS) is 1. The van der Waals surface area contributed by atoms with Crippen LogP contribution in [-0.4, -0.2) is 38.0 Å². The van der Waals surface area contributed by atoms with Crippen LogP contribution in [-0.2, 0) is 14.8 Å². The second kappa shape index (κ2) is 7.76. The van der Waals surface area contributed by atoms with Crippen LogP contribution < -0.4 is 16.2 Å². The van der Waals surface area contributed by atoms with Crippen molar-refractivity contribution in [3.8, 4) is 0 Å². The number of aliphatic carboxylic acids is 1. The van der Waals surface area contributed by atoms with Crippen molar-refractivity contribution in [2.24, 2.45) is 16.5 Å². The number of nitrogens with zero attached hydrogens (tertiary/aromatic N) is 1. The van der Waals surface area contributed by atoms with Gasteiger partial charge in [-0.2, -0.15) is 4.72 Å². The SMILES string of the molecule is Cc1ccccc1S(=O)(=O)N[C@@H](CCCN=C(N)N)C(=O)O. The van der Waals surface area contributed by atoms with Crippen molar-refractivity contribution in [2.75, 3.05) is 6.54 Å². The lowest BCUT2D eigenvalue weighted by Crippen LogP contribution is -2.41. The lowest BCUT2D eigenvalue weighted by atomic mass is 10.2. The van der Waals surface area contributed by atoms with E-state index in [9.17, 15) is 13.2 Å². The lowest BCUT2D eigenvalue weighted by molar-refractivity contribution is -0.139. The maximum absolute atomic E-state index is 12.3. The van der Waals surface area contributed by atoms with Gasteiger partial charge < -0.3 is 16.6 Å². The molecule has 0 saturated carbocycles. The van der Waals surface area contributed by atoms with Gasteiger partial charge in [0.1, 0.15) is 6.04 Å². The minimum absolute atomic E-state index is 0.0606. The number of aliphatic imine (C=N–C) groups is 1. The Morgan fingerprint density at radius 1 is 1.36 bits per heavy atom. The molecule has 0 aliphatic rings. The van der Waals surface area contributed by atoms with E-state index >= 15 is 0 Å². The van der Waals surface area contributed by atoms with E-state index in [-0.39, 0.29) is 23.8 Å². The number of hydrogen-bond donors (Lipinski definition) is 4. The number of nitrogens with one attached hydrogen (secondary N) is 1. The van der Waals surface area contributed by atoms with Crippen LogP contribution in [0.1, 0.15) is 18.4 Å². The lowest BCUT2D eigenvalue weighted by Gasteiger charge is -2.15. The normalized spacial score (nSPS) is 12.6. The predicted molar refractivity (Wildman–Crippen MR) is 82.8 cm³/mol. The third kappa shape index (κ3) is 5.34. The number of nitrogens with two attached hydrogens (primary N) is 2. The minimum Gasteiger partial charge on any atom is -0.480 e. The van der Waals surface area contributed by atoms with Gasteiger partial charge in [0, 0.05) is 6.54 Å². The highest BCUT2D eigenvalue weighted by atomic mass is 32.2. The zero-order valence-corrected chi connectivity index (χ0v) is 13.0. The maximum atomic E-state index is 12.3. The summed E-state index contributed by atoms with van der Waals surface area (Å²) in [4.78, 5) is 15.0. The predicted octanol–water partition coefficient (Wildman–Crippen LogP) is -0.220. The second-order valence-electron chi connectivity index (χ2n) is 4.73.